The van der Waals surface area contributed by atoms with Gasteiger partial charge in [-0.05, 0) is 0 Å². The Morgan fingerprint density at radius 3 is 2.82 bits per heavy atom. The van der Waals surface area contributed by atoms with Crippen LogP contribution in [-0.2, 0) is 4.74 Å². The number of ether oxygens (including phenoxy) is 1. The quantitative estimate of drug-likeness (QED) is 0.449. The molecular formula is C9H17N3O5. The number of nitrogens with zero attached hydrogens (tertiary/aromatic N) is 1. The smallest absolute Gasteiger partial charge is 0.324 e. The molecular weight excluding hydrogens is 230 g/mol. The highest BCUT2D eigenvalue weighted by molar-refractivity contribution is 5.98. The fraction of sp³-hybridized carbons (Fsp3) is 0.778. The molecule has 0 radical (unpaired) electrons. The van der Waals surface area contributed by atoms with Crippen LogP contribution in [0.5, 0.6) is 0 Å². The van der Waals surface area contributed by atoms with Crippen LogP contribution in [0.25, 0.3) is 0 Å². The summed E-state index contributed by atoms with van der Waals surface area (Å²) in [6.07, 6.45) is -1.14. The maximum atomic E-state index is 11.5. The average molecular weight is 247 g/mol. The van der Waals surface area contributed by atoms with Crippen LogP contribution in [0.4, 0.5) is 4.79 Å². The Morgan fingerprint density at radius 2 is 2.29 bits per heavy atom. The maximum Gasteiger partial charge on any atom is 0.324 e. The summed E-state index contributed by atoms with van der Waals surface area (Å²) >= 11 is 0. The number of carbonyl (C=O) groups is 1. The topological polar surface area (TPSA) is 137 Å². The molecule has 0 aliphatic carbocycles. The second-order valence-electron chi connectivity index (χ2n) is 3.97. The van der Waals surface area contributed by atoms with Crippen molar-refractivity contribution in [2.24, 2.45) is 0 Å². The second kappa shape index (κ2) is 5.41. The van der Waals surface area contributed by atoms with Crippen LogP contribution in [0.1, 0.15) is 12.8 Å². The minimum Gasteiger partial charge on any atom is -0.412 e. The highest BCUT2D eigenvalue weighted by Crippen LogP contribution is 2.24. The zero-order valence-corrected chi connectivity index (χ0v) is 9.22. The number of amidine groups is 1. The van der Waals surface area contributed by atoms with Crippen LogP contribution < -0.4 is 5.32 Å². The van der Waals surface area contributed by atoms with Crippen LogP contribution in [0.15, 0.2) is 0 Å². The van der Waals surface area contributed by atoms with Crippen molar-refractivity contribution in [1.82, 2.24) is 10.2 Å². The lowest BCUT2D eigenvalue weighted by Gasteiger charge is -2.32. The van der Waals surface area contributed by atoms with Crippen LogP contribution in [0.3, 0.4) is 0 Å². The molecule has 0 unspecified atom stereocenters. The Balaban J connectivity index is 0.00000144. The van der Waals surface area contributed by atoms with Gasteiger partial charge in [-0.2, -0.15) is 0 Å². The maximum absolute atomic E-state index is 11.5. The number of aliphatic hydroxyl groups excluding tert-OH is 2. The molecule has 6 N–H and O–H groups in total. The first kappa shape index (κ1) is 13.8. The normalized spacial score (nSPS) is 33.3. The van der Waals surface area contributed by atoms with Crippen molar-refractivity contribution in [2.75, 3.05) is 13.2 Å². The van der Waals surface area contributed by atoms with Gasteiger partial charge in [0, 0.05) is 19.4 Å². The second-order valence-corrected chi connectivity index (χ2v) is 3.97. The molecule has 0 bridgehead atoms. The Hall–Kier alpha value is -1.22. The Morgan fingerprint density at radius 1 is 1.59 bits per heavy atom. The van der Waals surface area contributed by atoms with Gasteiger partial charge < -0.3 is 20.4 Å². The van der Waals surface area contributed by atoms with Gasteiger partial charge in [0.2, 0.25) is 0 Å². The SMILES string of the molecule is N=C1CCN([C@H]2C[C@H](O)[C@@H](CO)O2)C(=O)N1.O. The molecule has 2 fully saturated rings. The summed E-state index contributed by atoms with van der Waals surface area (Å²) in [5.41, 5.74) is 0. The molecule has 2 rings (SSSR count). The lowest BCUT2D eigenvalue weighted by molar-refractivity contribution is -0.0641. The first-order valence-corrected chi connectivity index (χ1v) is 5.21. The van der Waals surface area contributed by atoms with Crippen LogP contribution in [0.2, 0.25) is 0 Å². The summed E-state index contributed by atoms with van der Waals surface area (Å²) < 4.78 is 5.36. The predicted octanol–water partition coefficient (Wildman–Crippen LogP) is -1.98. The minimum absolute atomic E-state index is 0. The van der Waals surface area contributed by atoms with Gasteiger partial charge in [-0.15, -0.1) is 0 Å². The van der Waals surface area contributed by atoms with E-state index in [4.69, 9.17) is 15.3 Å². The first-order valence-electron chi connectivity index (χ1n) is 5.21. The van der Waals surface area contributed by atoms with Gasteiger partial charge in [0.1, 0.15) is 18.2 Å². The van der Waals surface area contributed by atoms with Gasteiger partial charge >= 0.3 is 6.03 Å². The molecule has 2 aliphatic heterocycles. The highest BCUT2D eigenvalue weighted by Gasteiger charge is 2.39. The zero-order chi connectivity index (χ0) is 11.7. The van der Waals surface area contributed by atoms with Gasteiger partial charge in [-0.25, -0.2) is 4.79 Å². The largest absolute Gasteiger partial charge is 0.412 e. The number of amides is 2. The molecule has 0 spiro atoms. The number of nitrogens with one attached hydrogen (secondary N) is 2. The predicted molar refractivity (Wildman–Crippen MR) is 57.6 cm³/mol. The third-order valence-electron chi connectivity index (χ3n) is 2.85. The van der Waals surface area contributed by atoms with Gasteiger partial charge in [-0.3, -0.25) is 15.6 Å². The number of hydrogen-bond acceptors (Lipinski definition) is 5. The third-order valence-corrected chi connectivity index (χ3v) is 2.85. The van der Waals surface area contributed by atoms with Crippen molar-refractivity contribution in [3.8, 4) is 0 Å². The molecule has 98 valence electrons. The summed E-state index contributed by atoms with van der Waals surface area (Å²) in [5.74, 6) is 0.193. The number of aliphatic hydroxyl groups is 2. The number of hydrogen-bond donors (Lipinski definition) is 4. The molecule has 0 saturated carbocycles. The molecule has 0 aromatic carbocycles. The third kappa shape index (κ3) is 2.72. The molecule has 3 atom stereocenters. The van der Waals surface area contributed by atoms with Crippen LogP contribution in [-0.4, -0.2) is 64.0 Å². The Labute approximate surface area is 98.0 Å². The van der Waals surface area contributed by atoms with Crippen molar-refractivity contribution < 1.29 is 25.2 Å². The molecule has 2 amide bonds. The van der Waals surface area contributed by atoms with E-state index in [2.05, 4.69) is 5.32 Å². The van der Waals surface area contributed by atoms with Crippen molar-refractivity contribution >= 4 is 11.9 Å². The lowest BCUT2D eigenvalue weighted by atomic mass is 10.2. The average Bonchev–Trinajstić information content (AvgIpc) is 2.59. The van der Waals surface area contributed by atoms with Crippen molar-refractivity contribution in [3.63, 3.8) is 0 Å². The van der Waals surface area contributed by atoms with E-state index in [-0.39, 0.29) is 23.9 Å². The van der Waals surface area contributed by atoms with E-state index in [1.54, 1.807) is 0 Å². The number of rotatable bonds is 2. The number of urea groups is 1. The molecule has 2 saturated heterocycles. The minimum atomic E-state index is -0.746. The zero-order valence-electron chi connectivity index (χ0n) is 9.22. The van der Waals surface area contributed by atoms with E-state index in [0.717, 1.165) is 0 Å². The number of carbonyl (C=O) groups excluding carboxylic acids is 1. The molecule has 2 aliphatic rings. The van der Waals surface area contributed by atoms with Crippen molar-refractivity contribution in [2.45, 2.75) is 31.3 Å². The molecule has 0 aromatic heterocycles. The summed E-state index contributed by atoms with van der Waals surface area (Å²) in [5, 5.41) is 28.2. The van der Waals surface area contributed by atoms with Gasteiger partial charge in [0.25, 0.3) is 0 Å². The fourth-order valence-corrected chi connectivity index (χ4v) is 1.94. The van der Waals surface area contributed by atoms with E-state index in [1.807, 2.05) is 0 Å². The van der Waals surface area contributed by atoms with Crippen molar-refractivity contribution in [1.29, 1.82) is 5.41 Å². The molecule has 0 aromatic rings. The summed E-state index contributed by atoms with van der Waals surface area (Å²) in [6.45, 7) is 0.142. The van der Waals surface area contributed by atoms with Gasteiger partial charge in [0.05, 0.1) is 12.7 Å². The Kier molecular flexibility index (Phi) is 4.40. The molecule has 2 heterocycles. The van der Waals surface area contributed by atoms with E-state index in [0.29, 0.717) is 19.4 Å². The van der Waals surface area contributed by atoms with Crippen LogP contribution >= 0.6 is 0 Å². The van der Waals surface area contributed by atoms with Gasteiger partial charge in [0.15, 0.2) is 0 Å². The van der Waals surface area contributed by atoms with E-state index >= 15 is 0 Å². The molecule has 17 heavy (non-hydrogen) atoms. The van der Waals surface area contributed by atoms with Crippen molar-refractivity contribution in [3.05, 3.63) is 0 Å². The van der Waals surface area contributed by atoms with Crippen LogP contribution in [0, 0.1) is 5.41 Å². The summed E-state index contributed by atoms with van der Waals surface area (Å²) in [6, 6.07) is -0.382. The van der Waals surface area contributed by atoms with E-state index in [9.17, 15) is 9.90 Å². The lowest BCUT2D eigenvalue weighted by Crippen LogP contribution is -2.53. The fourth-order valence-electron chi connectivity index (χ4n) is 1.94. The van der Waals surface area contributed by atoms with Gasteiger partial charge in [-0.1, -0.05) is 0 Å². The summed E-state index contributed by atoms with van der Waals surface area (Å²) in [7, 11) is 0. The first-order chi connectivity index (χ1) is 7.61. The van der Waals surface area contributed by atoms with E-state index in [1.165, 1.54) is 4.90 Å². The molecule has 8 heteroatoms. The molecule has 8 nitrogen and oxygen atoms in total. The summed E-state index contributed by atoms with van der Waals surface area (Å²) in [4.78, 5) is 13.0. The highest BCUT2D eigenvalue weighted by atomic mass is 16.5. The van der Waals surface area contributed by atoms with E-state index < -0.39 is 18.4 Å². The Bertz CT molecular complexity index is 311. The standard InChI is InChI=1S/C9H15N3O4.H2O/c10-7-1-2-12(9(15)11-7)8-3-5(14)6(4-13)16-8;/h5-6,8,13-14H,1-4H2,(H2,10,11,15);1H2/t5-,6+,8+;/m0./s1. The monoisotopic (exact) mass is 247 g/mol.